The number of rotatable bonds is 11. The lowest BCUT2D eigenvalue weighted by molar-refractivity contribution is -0.173. The zero-order chi connectivity index (χ0) is 20.5. The smallest absolute Gasteiger partial charge is 0.471 e. The van der Waals surface area contributed by atoms with E-state index in [1.165, 1.54) is 18.2 Å². The van der Waals surface area contributed by atoms with Crippen molar-refractivity contribution in [2.75, 3.05) is 39.5 Å². The number of benzene rings is 1. The Morgan fingerprint density at radius 2 is 1.70 bits per heavy atom. The molecule has 1 amide bonds. The summed E-state index contributed by atoms with van der Waals surface area (Å²) in [4.78, 5) is 10.6. The molecule has 8 nitrogen and oxygen atoms in total. The van der Waals surface area contributed by atoms with Crippen LogP contribution in [0.3, 0.4) is 0 Å². The molecule has 0 spiro atoms. The lowest BCUT2D eigenvalue weighted by atomic mass is 10.2. The lowest BCUT2D eigenvalue weighted by Gasteiger charge is -2.10. The van der Waals surface area contributed by atoms with E-state index in [9.17, 15) is 31.5 Å². The number of phenols is 1. The molecule has 0 fully saturated rings. The summed E-state index contributed by atoms with van der Waals surface area (Å²) in [5.41, 5.74) is 0.398. The quantitative estimate of drug-likeness (QED) is 0.459. The molecular weight excluding hydrogens is 393 g/mol. The molecule has 0 saturated heterocycles. The highest BCUT2D eigenvalue weighted by Crippen LogP contribution is 2.19. The molecule has 0 aliphatic heterocycles. The molecule has 154 valence electrons. The standard InChI is InChI=1S/C15H21F3N2O6S/c1-11-10-12(21)2-3-13(11)27(23,24)20-5-7-26-9-8-25-6-4-19-14(22)15(16,17)18/h2-3,10,20-21H,4-9H2,1H3,(H,19,22). The number of hydrogen-bond acceptors (Lipinski definition) is 6. The first-order valence-electron chi connectivity index (χ1n) is 7.84. The molecule has 3 N–H and O–H groups in total. The zero-order valence-electron chi connectivity index (χ0n) is 14.5. The molecule has 0 heterocycles. The summed E-state index contributed by atoms with van der Waals surface area (Å²) >= 11 is 0. The van der Waals surface area contributed by atoms with Gasteiger partial charge in [-0.25, -0.2) is 13.1 Å². The molecule has 0 atom stereocenters. The Labute approximate surface area is 154 Å². The molecule has 0 saturated carbocycles. The minimum atomic E-state index is -4.92. The van der Waals surface area contributed by atoms with Crippen LogP contribution in [0, 0.1) is 6.92 Å². The van der Waals surface area contributed by atoms with Crippen molar-refractivity contribution in [1.29, 1.82) is 0 Å². The Bertz CT molecular complexity index is 725. The van der Waals surface area contributed by atoms with Gasteiger partial charge in [-0.3, -0.25) is 4.79 Å². The van der Waals surface area contributed by atoms with E-state index < -0.39 is 22.1 Å². The van der Waals surface area contributed by atoms with Crippen molar-refractivity contribution in [3.8, 4) is 5.75 Å². The fourth-order valence-corrected chi connectivity index (χ4v) is 3.16. The van der Waals surface area contributed by atoms with Gasteiger partial charge in [0.2, 0.25) is 10.0 Å². The number of aryl methyl sites for hydroxylation is 1. The van der Waals surface area contributed by atoms with Crippen LogP contribution in [0.15, 0.2) is 23.1 Å². The Morgan fingerprint density at radius 1 is 1.11 bits per heavy atom. The maximum absolute atomic E-state index is 12.1. The molecule has 27 heavy (non-hydrogen) atoms. The van der Waals surface area contributed by atoms with Crippen molar-refractivity contribution < 1.29 is 41.0 Å². The first-order chi connectivity index (χ1) is 12.5. The lowest BCUT2D eigenvalue weighted by Crippen LogP contribution is -2.38. The van der Waals surface area contributed by atoms with E-state index in [0.29, 0.717) is 5.56 Å². The topological polar surface area (TPSA) is 114 Å². The fourth-order valence-electron chi connectivity index (χ4n) is 1.92. The highest BCUT2D eigenvalue weighted by atomic mass is 32.2. The predicted octanol–water partition coefficient (Wildman–Crippen LogP) is 0.691. The van der Waals surface area contributed by atoms with Crippen molar-refractivity contribution >= 4 is 15.9 Å². The summed E-state index contributed by atoms with van der Waals surface area (Å²) in [6, 6.07) is 3.89. The number of halogens is 3. The summed E-state index contributed by atoms with van der Waals surface area (Å²) in [6.07, 6.45) is -4.92. The summed E-state index contributed by atoms with van der Waals surface area (Å²) in [6.45, 7) is 1.40. The number of hydrogen-bond donors (Lipinski definition) is 3. The third-order valence-corrected chi connectivity index (χ3v) is 4.77. The van der Waals surface area contributed by atoms with Crippen LogP contribution >= 0.6 is 0 Å². The second-order valence-corrected chi connectivity index (χ2v) is 7.06. The van der Waals surface area contributed by atoms with Gasteiger partial charge in [-0.2, -0.15) is 13.2 Å². The van der Waals surface area contributed by atoms with Gasteiger partial charge in [0.05, 0.1) is 31.3 Å². The van der Waals surface area contributed by atoms with Crippen LogP contribution in [0.5, 0.6) is 5.75 Å². The summed E-state index contributed by atoms with van der Waals surface area (Å²) in [5, 5.41) is 11.0. The fraction of sp³-hybridized carbons (Fsp3) is 0.533. The maximum Gasteiger partial charge on any atom is 0.471 e. The Kier molecular flexibility index (Phi) is 8.96. The van der Waals surface area contributed by atoms with Crippen LogP contribution in [0.4, 0.5) is 13.2 Å². The van der Waals surface area contributed by atoms with Gasteiger partial charge in [0.15, 0.2) is 0 Å². The monoisotopic (exact) mass is 414 g/mol. The predicted molar refractivity (Wildman–Crippen MR) is 88.7 cm³/mol. The largest absolute Gasteiger partial charge is 0.508 e. The normalized spacial score (nSPS) is 12.1. The highest BCUT2D eigenvalue weighted by Gasteiger charge is 2.38. The van der Waals surface area contributed by atoms with Gasteiger partial charge in [-0.15, -0.1) is 0 Å². The van der Waals surface area contributed by atoms with Crippen LogP contribution in [0.25, 0.3) is 0 Å². The number of phenolic OH excluding ortho intramolecular Hbond substituents is 1. The molecule has 1 aromatic rings. The molecule has 0 aromatic heterocycles. The van der Waals surface area contributed by atoms with E-state index >= 15 is 0 Å². The molecule has 12 heteroatoms. The molecule has 0 aliphatic rings. The Hall–Kier alpha value is -1.89. The van der Waals surface area contributed by atoms with Crippen molar-refractivity contribution in [2.24, 2.45) is 0 Å². The second kappa shape index (κ2) is 10.4. The van der Waals surface area contributed by atoms with Gasteiger partial charge >= 0.3 is 12.1 Å². The second-order valence-electron chi connectivity index (χ2n) is 5.33. The third kappa shape index (κ3) is 8.56. The van der Waals surface area contributed by atoms with Crippen molar-refractivity contribution in [3.05, 3.63) is 23.8 Å². The van der Waals surface area contributed by atoms with Gasteiger partial charge in [0.1, 0.15) is 5.75 Å². The number of amides is 1. The Balaban J connectivity index is 2.13. The minimum Gasteiger partial charge on any atom is -0.508 e. The molecule has 0 bridgehead atoms. The SMILES string of the molecule is Cc1cc(O)ccc1S(=O)(=O)NCCOCCOCCNC(=O)C(F)(F)F. The zero-order valence-corrected chi connectivity index (χ0v) is 15.3. The number of nitrogens with one attached hydrogen (secondary N) is 2. The van der Waals surface area contributed by atoms with E-state index in [2.05, 4.69) is 4.72 Å². The van der Waals surface area contributed by atoms with Crippen molar-refractivity contribution in [1.82, 2.24) is 10.0 Å². The molecule has 0 radical (unpaired) electrons. The number of aromatic hydroxyl groups is 1. The summed E-state index contributed by atoms with van der Waals surface area (Å²) in [5.74, 6) is -2.06. The molecule has 0 aliphatic carbocycles. The van der Waals surface area contributed by atoms with Gasteiger partial charge in [0, 0.05) is 13.1 Å². The van der Waals surface area contributed by atoms with Crippen LogP contribution in [-0.4, -0.2) is 65.1 Å². The van der Waals surface area contributed by atoms with E-state index in [0.717, 1.165) is 0 Å². The van der Waals surface area contributed by atoms with Gasteiger partial charge < -0.3 is 19.9 Å². The average molecular weight is 414 g/mol. The van der Waals surface area contributed by atoms with Crippen molar-refractivity contribution in [2.45, 2.75) is 18.0 Å². The first-order valence-corrected chi connectivity index (χ1v) is 9.32. The van der Waals surface area contributed by atoms with E-state index in [1.807, 2.05) is 0 Å². The Morgan fingerprint density at radius 3 is 2.26 bits per heavy atom. The summed E-state index contributed by atoms with van der Waals surface area (Å²) < 4.78 is 72.4. The molecule has 0 unspecified atom stereocenters. The maximum atomic E-state index is 12.1. The van der Waals surface area contributed by atoms with E-state index in [-0.39, 0.29) is 50.2 Å². The van der Waals surface area contributed by atoms with Crippen LogP contribution in [0.2, 0.25) is 0 Å². The third-order valence-electron chi connectivity index (χ3n) is 3.15. The number of sulfonamides is 1. The number of alkyl halides is 3. The van der Waals surface area contributed by atoms with Gasteiger partial charge in [-0.05, 0) is 30.7 Å². The molecule has 1 rings (SSSR count). The van der Waals surface area contributed by atoms with Crippen LogP contribution < -0.4 is 10.0 Å². The van der Waals surface area contributed by atoms with Gasteiger partial charge in [-0.1, -0.05) is 0 Å². The number of ether oxygens (including phenoxy) is 2. The number of carbonyl (C=O) groups excluding carboxylic acids is 1. The van der Waals surface area contributed by atoms with Crippen LogP contribution in [-0.2, 0) is 24.3 Å². The van der Waals surface area contributed by atoms with Crippen molar-refractivity contribution in [3.63, 3.8) is 0 Å². The highest BCUT2D eigenvalue weighted by molar-refractivity contribution is 7.89. The van der Waals surface area contributed by atoms with Gasteiger partial charge in [0.25, 0.3) is 0 Å². The van der Waals surface area contributed by atoms with Crippen LogP contribution in [0.1, 0.15) is 5.56 Å². The first kappa shape index (κ1) is 23.1. The minimum absolute atomic E-state index is 0.00426. The molecular formula is C15H21F3N2O6S. The summed E-state index contributed by atoms with van der Waals surface area (Å²) in [7, 11) is -3.74. The average Bonchev–Trinajstić information content (AvgIpc) is 2.55. The van der Waals surface area contributed by atoms with E-state index in [4.69, 9.17) is 9.47 Å². The number of carbonyl (C=O) groups is 1. The molecule has 1 aromatic carbocycles. The van der Waals surface area contributed by atoms with E-state index in [1.54, 1.807) is 12.2 Å².